The first-order valence-electron chi connectivity index (χ1n) is 9.51. The zero-order valence-corrected chi connectivity index (χ0v) is 17.5. The lowest BCUT2D eigenvalue weighted by Gasteiger charge is -2.16. The van der Waals surface area contributed by atoms with Gasteiger partial charge in [-0.05, 0) is 48.0 Å². The molecule has 1 aromatic heterocycles. The van der Waals surface area contributed by atoms with E-state index in [0.29, 0.717) is 0 Å². The molecular weight excluding hydrogens is 422 g/mol. The van der Waals surface area contributed by atoms with Gasteiger partial charge in [-0.15, -0.1) is 0 Å². The number of aryl methyl sites for hydroxylation is 1. The number of ether oxygens (including phenoxy) is 1. The summed E-state index contributed by atoms with van der Waals surface area (Å²) in [5.74, 6) is 1.60. The topological polar surface area (TPSA) is 22.1 Å². The fourth-order valence-corrected chi connectivity index (χ4v) is 4.03. The van der Waals surface area contributed by atoms with Crippen LogP contribution in [-0.2, 0) is 0 Å². The number of hydrogen-bond donors (Lipinski definition) is 0. The van der Waals surface area contributed by atoms with Crippen LogP contribution in [0.25, 0.3) is 32.9 Å². The van der Waals surface area contributed by atoms with Crippen molar-refractivity contribution in [1.29, 1.82) is 0 Å². The summed E-state index contributed by atoms with van der Waals surface area (Å²) in [5, 5.41) is 3.41. The van der Waals surface area contributed by atoms with Crippen molar-refractivity contribution in [2.75, 3.05) is 0 Å². The number of halogens is 1. The lowest BCUT2D eigenvalue weighted by atomic mass is 10.0. The maximum absolute atomic E-state index is 6.47. The number of aromatic nitrogens is 1. The Morgan fingerprint density at radius 2 is 1.48 bits per heavy atom. The molecule has 2 nitrogen and oxygen atoms in total. The van der Waals surface area contributed by atoms with Crippen LogP contribution in [0.5, 0.6) is 11.5 Å². The van der Waals surface area contributed by atoms with E-state index in [0.717, 1.165) is 49.1 Å². The second kappa shape index (κ2) is 7.34. The Balaban J connectivity index is 1.69. The summed E-state index contributed by atoms with van der Waals surface area (Å²) in [6.07, 6.45) is 0. The molecule has 140 valence electrons. The molecule has 0 spiro atoms. The van der Waals surface area contributed by atoms with Gasteiger partial charge in [-0.3, -0.25) is 0 Å². The molecule has 5 rings (SSSR count). The predicted octanol–water partition coefficient (Wildman–Crippen LogP) is 7.92. The van der Waals surface area contributed by atoms with Gasteiger partial charge in [0.25, 0.3) is 0 Å². The van der Waals surface area contributed by atoms with Crippen molar-refractivity contribution in [2.45, 2.75) is 6.92 Å². The number of hydrogen-bond acceptors (Lipinski definition) is 2. The summed E-state index contributed by atoms with van der Waals surface area (Å²) < 4.78 is 7.54. The SMILES string of the molecule is Cc1c(Oc2ccc3cc(Br)ccc3c2)c(-c2ccccc2)nc2ccccc12. The second-order valence-corrected chi connectivity index (χ2v) is 7.97. The van der Waals surface area contributed by atoms with Gasteiger partial charge in [0.05, 0.1) is 5.52 Å². The zero-order valence-electron chi connectivity index (χ0n) is 15.9. The number of rotatable bonds is 3. The maximum Gasteiger partial charge on any atom is 0.157 e. The van der Waals surface area contributed by atoms with E-state index in [1.807, 2.05) is 48.5 Å². The third-order valence-corrected chi connectivity index (χ3v) is 5.63. The van der Waals surface area contributed by atoms with Crippen molar-refractivity contribution >= 4 is 37.6 Å². The summed E-state index contributed by atoms with van der Waals surface area (Å²) >= 11 is 3.53. The van der Waals surface area contributed by atoms with Crippen LogP contribution in [0.3, 0.4) is 0 Å². The molecule has 0 atom stereocenters. The van der Waals surface area contributed by atoms with Gasteiger partial charge in [-0.2, -0.15) is 0 Å². The zero-order chi connectivity index (χ0) is 19.8. The molecule has 0 radical (unpaired) electrons. The second-order valence-electron chi connectivity index (χ2n) is 7.05. The molecule has 0 aliphatic carbocycles. The minimum Gasteiger partial charge on any atom is -0.455 e. The minimum atomic E-state index is 0.798. The average Bonchev–Trinajstić information content (AvgIpc) is 2.76. The Kier molecular flexibility index (Phi) is 4.53. The van der Waals surface area contributed by atoms with E-state index < -0.39 is 0 Å². The average molecular weight is 440 g/mol. The molecule has 29 heavy (non-hydrogen) atoms. The van der Waals surface area contributed by atoms with E-state index in [1.54, 1.807) is 0 Å². The van der Waals surface area contributed by atoms with Crippen molar-refractivity contribution < 1.29 is 4.74 Å². The van der Waals surface area contributed by atoms with Gasteiger partial charge >= 0.3 is 0 Å². The van der Waals surface area contributed by atoms with Crippen LogP contribution < -0.4 is 4.74 Å². The van der Waals surface area contributed by atoms with E-state index in [-0.39, 0.29) is 0 Å². The fourth-order valence-electron chi connectivity index (χ4n) is 3.65. The van der Waals surface area contributed by atoms with Gasteiger partial charge in [0.15, 0.2) is 5.75 Å². The normalized spacial score (nSPS) is 11.1. The highest BCUT2D eigenvalue weighted by molar-refractivity contribution is 9.10. The van der Waals surface area contributed by atoms with Crippen LogP contribution in [0.1, 0.15) is 5.56 Å². The first-order valence-corrected chi connectivity index (χ1v) is 10.3. The van der Waals surface area contributed by atoms with Gasteiger partial charge in [0.2, 0.25) is 0 Å². The standard InChI is InChI=1S/C26H18BrNO/c1-17-23-9-5-6-10-24(23)28-25(18-7-3-2-4-8-18)26(17)29-22-14-12-19-15-21(27)13-11-20(19)16-22/h2-16H,1H3. The van der Waals surface area contributed by atoms with Gasteiger partial charge < -0.3 is 4.74 Å². The van der Waals surface area contributed by atoms with Crippen molar-refractivity contribution in [1.82, 2.24) is 4.98 Å². The molecule has 0 fully saturated rings. The molecular formula is C26H18BrNO. The molecule has 0 aliphatic rings. The van der Waals surface area contributed by atoms with Crippen molar-refractivity contribution in [3.05, 3.63) is 101 Å². The summed E-state index contributed by atoms with van der Waals surface area (Å²) in [6, 6.07) is 30.8. The first-order chi connectivity index (χ1) is 14.2. The molecule has 0 N–H and O–H groups in total. The van der Waals surface area contributed by atoms with Crippen LogP contribution in [0.15, 0.2) is 95.5 Å². The molecule has 3 heteroatoms. The highest BCUT2D eigenvalue weighted by Gasteiger charge is 2.16. The Hall–Kier alpha value is -3.17. The highest BCUT2D eigenvalue weighted by Crippen LogP contribution is 2.39. The highest BCUT2D eigenvalue weighted by atomic mass is 79.9. The fraction of sp³-hybridized carbons (Fsp3) is 0.0385. The number of pyridine rings is 1. The van der Waals surface area contributed by atoms with Crippen molar-refractivity contribution in [2.24, 2.45) is 0 Å². The Bertz CT molecular complexity index is 1350. The Labute approximate surface area is 177 Å². The summed E-state index contributed by atoms with van der Waals surface area (Å²) in [6.45, 7) is 2.10. The number of benzene rings is 4. The van der Waals surface area contributed by atoms with Crippen LogP contribution in [0.4, 0.5) is 0 Å². The van der Waals surface area contributed by atoms with Gasteiger partial charge in [0.1, 0.15) is 11.4 Å². The van der Waals surface area contributed by atoms with Crippen LogP contribution in [0, 0.1) is 6.92 Å². The summed E-state index contributed by atoms with van der Waals surface area (Å²) in [5.41, 5.74) is 3.96. The molecule has 0 bridgehead atoms. The van der Waals surface area contributed by atoms with Crippen LogP contribution >= 0.6 is 15.9 Å². The molecule has 0 unspecified atom stereocenters. The van der Waals surface area contributed by atoms with E-state index in [2.05, 4.69) is 65.3 Å². The van der Waals surface area contributed by atoms with Gasteiger partial charge in [-0.25, -0.2) is 4.98 Å². The minimum absolute atomic E-state index is 0.798. The smallest absolute Gasteiger partial charge is 0.157 e. The number of fused-ring (bicyclic) bond motifs is 2. The third-order valence-electron chi connectivity index (χ3n) is 5.14. The van der Waals surface area contributed by atoms with E-state index in [9.17, 15) is 0 Å². The quantitative estimate of drug-likeness (QED) is 0.284. The van der Waals surface area contributed by atoms with Crippen LogP contribution in [0.2, 0.25) is 0 Å². The summed E-state index contributed by atoms with van der Waals surface area (Å²) in [4.78, 5) is 4.95. The molecule has 0 amide bonds. The Morgan fingerprint density at radius 1 is 0.759 bits per heavy atom. The monoisotopic (exact) mass is 439 g/mol. The lowest BCUT2D eigenvalue weighted by molar-refractivity contribution is 0.480. The molecule has 0 saturated carbocycles. The van der Waals surface area contributed by atoms with Gasteiger partial charge in [-0.1, -0.05) is 76.6 Å². The summed E-state index contributed by atoms with van der Waals surface area (Å²) in [7, 11) is 0. The van der Waals surface area contributed by atoms with E-state index in [4.69, 9.17) is 9.72 Å². The maximum atomic E-state index is 6.47. The van der Waals surface area contributed by atoms with E-state index in [1.165, 1.54) is 5.39 Å². The molecule has 1 heterocycles. The molecule has 5 aromatic rings. The van der Waals surface area contributed by atoms with Gasteiger partial charge in [0, 0.05) is 21.0 Å². The van der Waals surface area contributed by atoms with E-state index >= 15 is 0 Å². The number of para-hydroxylation sites is 1. The molecule has 4 aromatic carbocycles. The van der Waals surface area contributed by atoms with Crippen LogP contribution in [-0.4, -0.2) is 4.98 Å². The predicted molar refractivity (Wildman–Crippen MR) is 124 cm³/mol. The first kappa shape index (κ1) is 17.9. The Morgan fingerprint density at radius 3 is 2.34 bits per heavy atom. The molecule has 0 aliphatic heterocycles. The lowest BCUT2D eigenvalue weighted by Crippen LogP contribution is -1.96. The molecule has 0 saturated heterocycles. The third kappa shape index (κ3) is 3.39. The van der Waals surface area contributed by atoms with Crippen molar-refractivity contribution in [3.8, 4) is 22.8 Å². The largest absolute Gasteiger partial charge is 0.455 e. The number of nitrogens with zero attached hydrogens (tertiary/aromatic N) is 1. The van der Waals surface area contributed by atoms with Crippen molar-refractivity contribution in [3.63, 3.8) is 0 Å².